The number of amides is 1. The number of ether oxygens (including phenoxy) is 3. The Morgan fingerprint density at radius 1 is 0.571 bits per heavy atom. The summed E-state index contributed by atoms with van der Waals surface area (Å²) >= 11 is 0. The quantitative estimate of drug-likeness (QED) is 0.0149. The molecule has 0 aromatic rings. The zero-order valence-corrected chi connectivity index (χ0v) is 44.4. The van der Waals surface area contributed by atoms with Gasteiger partial charge in [-0.2, -0.15) is 0 Å². The second-order valence-electron chi connectivity index (χ2n) is 19.4. The molecule has 0 saturated carbocycles. The first kappa shape index (κ1) is 65.1. The van der Waals surface area contributed by atoms with Gasteiger partial charge in [-0.1, -0.05) is 254 Å². The molecular weight excluding hydrogens is 883 g/mol. The first-order valence-corrected chi connectivity index (χ1v) is 28.3. The monoisotopic (exact) mass is 986 g/mol. The van der Waals surface area contributed by atoms with E-state index in [2.05, 4.69) is 32.2 Å². The fraction of sp³-hybridized carbons (Fsp3) is 0.763. The van der Waals surface area contributed by atoms with Gasteiger partial charge in [-0.25, -0.2) is 0 Å². The topological polar surface area (TPSA) is 175 Å². The van der Waals surface area contributed by atoms with Crippen LogP contribution in [0.1, 0.15) is 226 Å². The normalized spacial score (nSPS) is 20.3. The van der Waals surface area contributed by atoms with E-state index in [0.717, 1.165) is 44.9 Å². The fourth-order valence-corrected chi connectivity index (χ4v) is 8.50. The number of carbonyl (C=O) groups is 2. The van der Waals surface area contributed by atoms with Crippen LogP contribution in [0.3, 0.4) is 0 Å². The van der Waals surface area contributed by atoms with Crippen molar-refractivity contribution < 1.29 is 49.3 Å². The number of nitrogens with one attached hydrogen (secondary N) is 1. The average Bonchev–Trinajstić information content (AvgIpc) is 3.36. The summed E-state index contributed by atoms with van der Waals surface area (Å²) in [4.78, 5) is 26.4. The number of carbonyl (C=O) groups excluding carboxylic acids is 2. The first-order chi connectivity index (χ1) is 34.2. The maximum absolute atomic E-state index is 13.4. The number of hydrogen-bond donors (Lipinski definition) is 6. The summed E-state index contributed by atoms with van der Waals surface area (Å²) in [7, 11) is 0. The predicted octanol–water partition coefficient (Wildman–Crippen LogP) is 12.4. The number of rotatable bonds is 46. The van der Waals surface area contributed by atoms with Gasteiger partial charge in [0.05, 0.1) is 25.4 Å². The van der Waals surface area contributed by atoms with Gasteiger partial charge in [0.2, 0.25) is 5.91 Å². The number of allylic oxidation sites excluding steroid dienone is 11. The zero-order valence-electron chi connectivity index (χ0n) is 44.4. The Balaban J connectivity index is 2.77. The van der Waals surface area contributed by atoms with Gasteiger partial charge in [0.25, 0.3) is 0 Å². The van der Waals surface area contributed by atoms with Gasteiger partial charge in [0.15, 0.2) is 12.4 Å². The van der Waals surface area contributed by atoms with E-state index in [0.29, 0.717) is 19.3 Å². The minimum absolute atomic E-state index is 0.0258. The summed E-state index contributed by atoms with van der Waals surface area (Å²) in [5.41, 5.74) is 0. The lowest BCUT2D eigenvalue weighted by Gasteiger charge is -2.41. The third-order valence-corrected chi connectivity index (χ3v) is 13.0. The molecule has 404 valence electrons. The Labute approximate surface area is 426 Å². The van der Waals surface area contributed by atoms with Crippen molar-refractivity contribution in [2.75, 3.05) is 13.2 Å². The van der Waals surface area contributed by atoms with Crippen molar-refractivity contribution in [2.45, 2.75) is 275 Å². The lowest BCUT2D eigenvalue weighted by molar-refractivity contribution is -0.305. The van der Waals surface area contributed by atoms with Gasteiger partial charge in [0.1, 0.15) is 24.4 Å². The molecule has 0 aromatic carbocycles. The van der Waals surface area contributed by atoms with Gasteiger partial charge in [-0.3, -0.25) is 9.59 Å². The molecule has 1 fully saturated rings. The second-order valence-corrected chi connectivity index (χ2v) is 19.4. The van der Waals surface area contributed by atoms with Gasteiger partial charge in [0, 0.05) is 6.42 Å². The zero-order chi connectivity index (χ0) is 51.1. The van der Waals surface area contributed by atoms with Crippen LogP contribution in [0.5, 0.6) is 0 Å². The van der Waals surface area contributed by atoms with Crippen LogP contribution in [0.25, 0.3) is 0 Å². The molecule has 1 aliphatic rings. The number of aliphatic hydroxyl groups excluding tert-OH is 5. The molecule has 8 atom stereocenters. The highest BCUT2D eigenvalue weighted by Crippen LogP contribution is 2.26. The summed E-state index contributed by atoms with van der Waals surface area (Å²) in [5.74, 6) is -1.27. The van der Waals surface area contributed by atoms with Crippen LogP contribution in [-0.4, -0.2) is 99.6 Å². The first-order valence-electron chi connectivity index (χ1n) is 28.3. The molecule has 1 amide bonds. The van der Waals surface area contributed by atoms with E-state index in [1.807, 2.05) is 60.8 Å². The predicted molar refractivity (Wildman–Crippen MR) is 287 cm³/mol. The molecule has 6 N–H and O–H groups in total. The Kier molecular flexibility index (Phi) is 43.8. The molecule has 0 aromatic heterocycles. The second kappa shape index (κ2) is 47.1. The Bertz CT molecular complexity index is 1410. The van der Waals surface area contributed by atoms with Crippen LogP contribution in [0, 0.1) is 0 Å². The molecule has 1 aliphatic heterocycles. The minimum Gasteiger partial charge on any atom is -0.454 e. The van der Waals surface area contributed by atoms with Crippen molar-refractivity contribution in [1.29, 1.82) is 0 Å². The van der Waals surface area contributed by atoms with E-state index in [9.17, 15) is 35.1 Å². The van der Waals surface area contributed by atoms with E-state index < -0.39 is 67.4 Å². The van der Waals surface area contributed by atoms with Gasteiger partial charge in [-0.05, 0) is 38.5 Å². The van der Waals surface area contributed by atoms with Crippen molar-refractivity contribution in [3.05, 3.63) is 72.9 Å². The van der Waals surface area contributed by atoms with Crippen molar-refractivity contribution in [1.82, 2.24) is 5.32 Å². The van der Waals surface area contributed by atoms with Crippen molar-refractivity contribution in [2.24, 2.45) is 0 Å². The van der Waals surface area contributed by atoms with E-state index >= 15 is 0 Å². The van der Waals surface area contributed by atoms with Crippen molar-refractivity contribution >= 4 is 11.9 Å². The summed E-state index contributed by atoms with van der Waals surface area (Å²) < 4.78 is 17.5. The van der Waals surface area contributed by atoms with E-state index in [1.165, 1.54) is 128 Å². The minimum atomic E-state index is -1.64. The third-order valence-electron chi connectivity index (χ3n) is 13.0. The molecule has 0 radical (unpaired) electrons. The van der Waals surface area contributed by atoms with Gasteiger partial charge < -0.3 is 45.1 Å². The highest BCUT2D eigenvalue weighted by atomic mass is 16.7. The van der Waals surface area contributed by atoms with Crippen molar-refractivity contribution in [3.63, 3.8) is 0 Å². The Morgan fingerprint density at radius 2 is 1.03 bits per heavy atom. The van der Waals surface area contributed by atoms with Crippen LogP contribution in [-0.2, 0) is 23.8 Å². The van der Waals surface area contributed by atoms with E-state index in [1.54, 1.807) is 6.08 Å². The largest absolute Gasteiger partial charge is 0.454 e. The van der Waals surface area contributed by atoms with Gasteiger partial charge in [-0.15, -0.1) is 0 Å². The maximum atomic E-state index is 13.4. The summed E-state index contributed by atoms with van der Waals surface area (Å²) in [6.45, 7) is 5.59. The molecule has 0 spiro atoms. The van der Waals surface area contributed by atoms with Crippen LogP contribution in [0.15, 0.2) is 72.9 Å². The number of unbranched alkanes of at least 4 members (excludes halogenated alkanes) is 26. The number of esters is 1. The lowest BCUT2D eigenvalue weighted by Crippen LogP contribution is -2.61. The summed E-state index contributed by atoms with van der Waals surface area (Å²) in [5, 5.41) is 56.7. The maximum Gasteiger partial charge on any atom is 0.306 e. The molecule has 11 nitrogen and oxygen atoms in total. The van der Waals surface area contributed by atoms with Crippen LogP contribution < -0.4 is 5.32 Å². The molecule has 0 aliphatic carbocycles. The summed E-state index contributed by atoms with van der Waals surface area (Å²) in [6.07, 6.45) is 48.2. The van der Waals surface area contributed by atoms with Crippen LogP contribution >= 0.6 is 0 Å². The number of aliphatic hydroxyl groups is 5. The standard InChI is InChI=1S/C59H103NO10/c1-4-7-10-13-16-19-22-25-26-27-29-31-34-37-40-43-46-52(63)58(67)60-50(51(62)45-42-39-36-33-30-24-21-18-15-12-9-6-3)49-68-59-57(56(66)55(65)53(48-61)69-59)70-54(64)47-44-41-38-35-32-28-23-20-17-14-11-8-5-2/h8,11,14,17,20,23,28,32,35,38,42,45,50-53,55-57,59,61-63,65-66H,4-7,9-10,12-13,15-16,18-19,21-22,24-27,29-31,33-34,36-37,39-41,43-44,46-49H2,1-3H3,(H,60,67)/b11-8+,17-14+,23-20-,32-28-,38-35+,45-42+. The van der Waals surface area contributed by atoms with Crippen LogP contribution in [0.4, 0.5) is 0 Å². The SMILES string of the molecule is CC/C=C/C=C/C=C\C=C/C=C/CCCC(=O)OC1C(OCC(NC(=O)C(O)CCCCCCCCCCCCCCCCCC)C(O)/C=C/CCCCCCCCCCCC)OC(CO)C(O)C1O. The van der Waals surface area contributed by atoms with E-state index in [4.69, 9.17) is 14.2 Å². The molecule has 1 rings (SSSR count). The van der Waals surface area contributed by atoms with Gasteiger partial charge >= 0.3 is 5.97 Å². The summed E-state index contributed by atoms with van der Waals surface area (Å²) in [6, 6.07) is -1.04. The molecule has 11 heteroatoms. The highest BCUT2D eigenvalue weighted by molar-refractivity contribution is 5.80. The lowest BCUT2D eigenvalue weighted by atomic mass is 9.99. The van der Waals surface area contributed by atoms with E-state index in [-0.39, 0.29) is 19.4 Å². The molecule has 1 heterocycles. The molecule has 70 heavy (non-hydrogen) atoms. The molecule has 8 unspecified atom stereocenters. The molecule has 1 saturated heterocycles. The van der Waals surface area contributed by atoms with Crippen molar-refractivity contribution in [3.8, 4) is 0 Å². The molecular formula is C59H103NO10. The Hall–Kier alpha value is -2.90. The third kappa shape index (κ3) is 35.3. The highest BCUT2D eigenvalue weighted by Gasteiger charge is 2.47. The van der Waals surface area contributed by atoms with Crippen LogP contribution in [0.2, 0.25) is 0 Å². The number of hydrogen-bond acceptors (Lipinski definition) is 10. The Morgan fingerprint density at radius 3 is 1.53 bits per heavy atom. The average molecular weight is 986 g/mol. The smallest absolute Gasteiger partial charge is 0.306 e. The molecule has 0 bridgehead atoms. The fourth-order valence-electron chi connectivity index (χ4n) is 8.50.